The minimum Gasteiger partial charge on any atom is -0.480 e. The molecular formula is C17H15F2N3O3. The molecule has 25 heavy (non-hydrogen) atoms. The molecule has 3 aromatic rings. The molecule has 0 saturated heterocycles. The fraction of sp³-hybridized carbons (Fsp3) is 0.176. The lowest BCUT2D eigenvalue weighted by Crippen LogP contribution is -2.32. The average Bonchev–Trinajstić information content (AvgIpc) is 2.80. The second-order valence-electron chi connectivity index (χ2n) is 5.75. The molecule has 0 bridgehead atoms. The van der Waals surface area contributed by atoms with Gasteiger partial charge in [0.05, 0.1) is 11.2 Å². The minimum absolute atomic E-state index is 0.0242. The zero-order valence-corrected chi connectivity index (χ0v) is 13.2. The van der Waals surface area contributed by atoms with Gasteiger partial charge in [0.15, 0.2) is 5.82 Å². The maximum Gasteiger partial charge on any atom is 0.333 e. The first kappa shape index (κ1) is 16.8. The highest BCUT2D eigenvalue weighted by molar-refractivity contribution is 5.79. The number of aromatic nitrogens is 2. The van der Waals surface area contributed by atoms with Crippen LogP contribution in [0.25, 0.3) is 16.7 Å². The van der Waals surface area contributed by atoms with Crippen LogP contribution < -0.4 is 11.4 Å². The topological polar surface area (TPSA) is 90.3 Å². The van der Waals surface area contributed by atoms with E-state index in [0.29, 0.717) is 11.3 Å². The molecule has 1 aromatic heterocycles. The molecule has 1 unspecified atom stereocenters. The van der Waals surface area contributed by atoms with Crippen LogP contribution in [0.5, 0.6) is 0 Å². The Kier molecular flexibility index (Phi) is 4.13. The predicted octanol–water partition coefficient (Wildman–Crippen LogP) is 1.56. The Bertz CT molecular complexity index is 1020. The van der Waals surface area contributed by atoms with Crippen molar-refractivity contribution in [2.24, 2.45) is 12.8 Å². The maximum atomic E-state index is 14.2. The van der Waals surface area contributed by atoms with Gasteiger partial charge in [0.1, 0.15) is 17.4 Å². The highest BCUT2D eigenvalue weighted by Crippen LogP contribution is 2.22. The van der Waals surface area contributed by atoms with Gasteiger partial charge in [-0.2, -0.15) is 0 Å². The molecule has 8 heteroatoms. The Morgan fingerprint density at radius 3 is 2.48 bits per heavy atom. The van der Waals surface area contributed by atoms with Gasteiger partial charge in [-0.05, 0) is 24.1 Å². The molecule has 0 amide bonds. The molecule has 130 valence electrons. The van der Waals surface area contributed by atoms with Crippen molar-refractivity contribution in [2.75, 3.05) is 0 Å². The zero-order chi connectivity index (χ0) is 18.3. The van der Waals surface area contributed by atoms with E-state index in [2.05, 4.69) is 0 Å². The smallest absolute Gasteiger partial charge is 0.333 e. The molecule has 0 aliphatic heterocycles. The summed E-state index contributed by atoms with van der Waals surface area (Å²) in [6, 6.07) is 7.14. The number of rotatable bonds is 4. The second kappa shape index (κ2) is 6.14. The van der Waals surface area contributed by atoms with Gasteiger partial charge in [-0.25, -0.2) is 13.6 Å². The fourth-order valence-corrected chi connectivity index (χ4v) is 2.74. The number of carboxylic acid groups (broad SMARTS) is 1. The summed E-state index contributed by atoms with van der Waals surface area (Å²) in [7, 11) is 1.43. The first-order valence-electron chi connectivity index (χ1n) is 7.43. The summed E-state index contributed by atoms with van der Waals surface area (Å²) in [4.78, 5) is 23.2. The third-order valence-electron chi connectivity index (χ3n) is 4.04. The second-order valence-corrected chi connectivity index (χ2v) is 5.75. The van der Waals surface area contributed by atoms with Crippen LogP contribution in [0.2, 0.25) is 0 Å². The fourth-order valence-electron chi connectivity index (χ4n) is 2.74. The van der Waals surface area contributed by atoms with Gasteiger partial charge in [0.2, 0.25) is 0 Å². The number of aryl methyl sites for hydroxylation is 1. The molecule has 0 radical (unpaired) electrons. The van der Waals surface area contributed by atoms with Gasteiger partial charge in [0.25, 0.3) is 0 Å². The van der Waals surface area contributed by atoms with Gasteiger partial charge in [-0.3, -0.25) is 13.9 Å². The van der Waals surface area contributed by atoms with E-state index in [9.17, 15) is 18.4 Å². The molecule has 3 N–H and O–H groups in total. The molecule has 0 aliphatic rings. The van der Waals surface area contributed by atoms with Crippen LogP contribution in [0.1, 0.15) is 5.56 Å². The Morgan fingerprint density at radius 1 is 1.24 bits per heavy atom. The van der Waals surface area contributed by atoms with Crippen molar-refractivity contribution in [1.29, 1.82) is 0 Å². The van der Waals surface area contributed by atoms with Crippen molar-refractivity contribution in [3.05, 3.63) is 64.1 Å². The summed E-state index contributed by atoms with van der Waals surface area (Å²) in [5, 5.41) is 8.84. The summed E-state index contributed by atoms with van der Waals surface area (Å²) < 4.78 is 30.0. The van der Waals surface area contributed by atoms with Crippen molar-refractivity contribution in [1.82, 2.24) is 9.13 Å². The normalized spacial score (nSPS) is 12.5. The maximum absolute atomic E-state index is 14.2. The molecule has 1 atom stereocenters. The van der Waals surface area contributed by atoms with E-state index < -0.39 is 29.3 Å². The molecular weight excluding hydrogens is 332 g/mol. The molecule has 0 fully saturated rings. The standard InChI is InChI=1S/C17H15F2N3O3/c1-21-14-8-10(18)7-12(19)15(14)22(17(21)25)11-4-2-9(3-5-11)6-13(20)16(23)24/h2-5,7-8,13H,6,20H2,1H3,(H,23,24). The van der Waals surface area contributed by atoms with E-state index in [1.807, 2.05) is 0 Å². The van der Waals surface area contributed by atoms with Crippen LogP contribution in [0.15, 0.2) is 41.2 Å². The molecule has 0 spiro atoms. The number of aliphatic carboxylic acids is 1. The quantitative estimate of drug-likeness (QED) is 0.749. The Balaban J connectivity index is 2.10. The van der Waals surface area contributed by atoms with E-state index in [1.165, 1.54) is 7.05 Å². The molecule has 3 rings (SSSR count). The lowest BCUT2D eigenvalue weighted by Gasteiger charge is -2.08. The van der Waals surface area contributed by atoms with Crippen molar-refractivity contribution < 1.29 is 18.7 Å². The number of halogens is 2. The molecule has 0 saturated carbocycles. The van der Waals surface area contributed by atoms with E-state index in [-0.39, 0.29) is 17.5 Å². The van der Waals surface area contributed by atoms with Crippen molar-refractivity contribution in [3.8, 4) is 5.69 Å². The first-order valence-corrected chi connectivity index (χ1v) is 7.43. The number of hydrogen-bond donors (Lipinski definition) is 2. The molecule has 6 nitrogen and oxygen atoms in total. The Morgan fingerprint density at radius 2 is 1.88 bits per heavy atom. The van der Waals surface area contributed by atoms with Crippen molar-refractivity contribution in [3.63, 3.8) is 0 Å². The summed E-state index contributed by atoms with van der Waals surface area (Å²) >= 11 is 0. The lowest BCUT2D eigenvalue weighted by atomic mass is 10.1. The summed E-state index contributed by atoms with van der Waals surface area (Å²) in [5.74, 6) is -2.72. The number of carboxylic acids is 1. The van der Waals surface area contributed by atoms with Crippen LogP contribution in [0.3, 0.4) is 0 Å². The number of imidazole rings is 1. The summed E-state index contributed by atoms with van der Waals surface area (Å²) in [6.45, 7) is 0. The van der Waals surface area contributed by atoms with Crippen LogP contribution in [0.4, 0.5) is 8.78 Å². The summed E-state index contributed by atoms with van der Waals surface area (Å²) in [6.07, 6.45) is 0.125. The average molecular weight is 347 g/mol. The summed E-state index contributed by atoms with van der Waals surface area (Å²) in [5.41, 5.74) is 6.13. The third kappa shape index (κ3) is 2.91. The predicted molar refractivity (Wildman–Crippen MR) is 87.7 cm³/mol. The van der Waals surface area contributed by atoms with Crippen LogP contribution in [-0.2, 0) is 18.3 Å². The Labute approximate surface area is 140 Å². The van der Waals surface area contributed by atoms with Gasteiger partial charge >= 0.3 is 11.7 Å². The van der Waals surface area contributed by atoms with Gasteiger partial charge in [-0.15, -0.1) is 0 Å². The number of nitrogens with two attached hydrogens (primary N) is 1. The molecule has 1 heterocycles. The van der Waals surface area contributed by atoms with Crippen molar-refractivity contribution >= 4 is 17.0 Å². The minimum atomic E-state index is -1.11. The highest BCUT2D eigenvalue weighted by atomic mass is 19.1. The van der Waals surface area contributed by atoms with E-state index in [4.69, 9.17) is 10.8 Å². The van der Waals surface area contributed by atoms with Gasteiger partial charge in [-0.1, -0.05) is 12.1 Å². The largest absolute Gasteiger partial charge is 0.480 e. The zero-order valence-electron chi connectivity index (χ0n) is 13.2. The third-order valence-corrected chi connectivity index (χ3v) is 4.04. The first-order chi connectivity index (χ1) is 11.8. The molecule has 2 aromatic carbocycles. The lowest BCUT2D eigenvalue weighted by molar-refractivity contribution is -0.138. The monoisotopic (exact) mass is 347 g/mol. The van der Waals surface area contributed by atoms with Crippen LogP contribution in [0, 0.1) is 11.6 Å². The number of carbonyl (C=O) groups is 1. The van der Waals surface area contributed by atoms with E-state index in [1.54, 1.807) is 24.3 Å². The van der Waals surface area contributed by atoms with Crippen molar-refractivity contribution in [2.45, 2.75) is 12.5 Å². The van der Waals surface area contributed by atoms with Crippen LogP contribution in [-0.4, -0.2) is 26.3 Å². The highest BCUT2D eigenvalue weighted by Gasteiger charge is 2.18. The van der Waals surface area contributed by atoms with Gasteiger partial charge in [0, 0.05) is 19.2 Å². The number of benzene rings is 2. The van der Waals surface area contributed by atoms with E-state index in [0.717, 1.165) is 21.3 Å². The van der Waals surface area contributed by atoms with Crippen LogP contribution >= 0.6 is 0 Å². The Hall–Kier alpha value is -3.00. The van der Waals surface area contributed by atoms with E-state index >= 15 is 0 Å². The SMILES string of the molecule is Cn1c(=O)n(-c2ccc(CC(N)C(=O)O)cc2)c2c(F)cc(F)cc21. The number of hydrogen-bond acceptors (Lipinski definition) is 3. The number of fused-ring (bicyclic) bond motifs is 1. The molecule has 0 aliphatic carbocycles. The number of nitrogens with zero attached hydrogens (tertiary/aromatic N) is 2. The van der Waals surface area contributed by atoms with Gasteiger partial charge < -0.3 is 10.8 Å².